The van der Waals surface area contributed by atoms with Gasteiger partial charge in [-0.2, -0.15) is 0 Å². The van der Waals surface area contributed by atoms with E-state index in [4.69, 9.17) is 12.2 Å². The Hall–Kier alpha value is -1.87. The second-order valence-corrected chi connectivity index (χ2v) is 6.30. The zero-order chi connectivity index (χ0) is 15.9. The molecule has 2 rings (SSSR count). The van der Waals surface area contributed by atoms with Crippen LogP contribution in [0.3, 0.4) is 0 Å². The van der Waals surface area contributed by atoms with Gasteiger partial charge in [-0.3, -0.25) is 0 Å². The van der Waals surface area contributed by atoms with Crippen LogP contribution in [-0.2, 0) is 6.42 Å². The highest BCUT2D eigenvalue weighted by Gasteiger charge is 2.00. The maximum Gasteiger partial charge on any atom is 0.170 e. The van der Waals surface area contributed by atoms with Crippen molar-refractivity contribution in [2.24, 2.45) is 0 Å². The Labute approximate surface area is 139 Å². The molecule has 0 unspecified atom stereocenters. The van der Waals surface area contributed by atoms with Gasteiger partial charge in [0.2, 0.25) is 0 Å². The van der Waals surface area contributed by atoms with Crippen LogP contribution in [0.4, 0.5) is 5.69 Å². The number of anilines is 1. The molecule has 0 aromatic heterocycles. The van der Waals surface area contributed by atoms with Gasteiger partial charge < -0.3 is 10.6 Å². The zero-order valence-electron chi connectivity index (χ0n) is 13.5. The highest BCUT2D eigenvalue weighted by molar-refractivity contribution is 7.80. The molecule has 0 aliphatic heterocycles. The topological polar surface area (TPSA) is 24.1 Å². The van der Waals surface area contributed by atoms with E-state index in [9.17, 15) is 0 Å². The lowest BCUT2D eigenvalue weighted by Gasteiger charge is -2.11. The van der Waals surface area contributed by atoms with Crippen LogP contribution < -0.4 is 10.6 Å². The van der Waals surface area contributed by atoms with Crippen LogP contribution in [0.2, 0.25) is 0 Å². The van der Waals surface area contributed by atoms with E-state index in [0.29, 0.717) is 11.0 Å². The maximum atomic E-state index is 5.33. The summed E-state index contributed by atoms with van der Waals surface area (Å²) in [4.78, 5) is 0. The van der Waals surface area contributed by atoms with Gasteiger partial charge in [0.25, 0.3) is 0 Å². The number of benzene rings is 2. The van der Waals surface area contributed by atoms with E-state index in [-0.39, 0.29) is 0 Å². The predicted octanol–water partition coefficient (Wildman–Crippen LogP) is 4.65. The Morgan fingerprint density at radius 3 is 2.45 bits per heavy atom. The Bertz CT molecular complexity index is 618. The summed E-state index contributed by atoms with van der Waals surface area (Å²) in [6.45, 7) is 7.33. The summed E-state index contributed by atoms with van der Waals surface area (Å²) >= 11 is 5.33. The molecule has 0 aliphatic carbocycles. The smallest absolute Gasteiger partial charge is 0.170 e. The Morgan fingerprint density at radius 1 is 1.09 bits per heavy atom. The highest BCUT2D eigenvalue weighted by atomic mass is 32.1. The van der Waals surface area contributed by atoms with Crippen LogP contribution in [0.15, 0.2) is 48.5 Å². The van der Waals surface area contributed by atoms with Gasteiger partial charge in [0.1, 0.15) is 0 Å². The van der Waals surface area contributed by atoms with Crippen LogP contribution in [0.1, 0.15) is 36.5 Å². The fourth-order valence-corrected chi connectivity index (χ4v) is 2.51. The molecule has 0 radical (unpaired) electrons. The molecule has 116 valence electrons. The largest absolute Gasteiger partial charge is 0.362 e. The van der Waals surface area contributed by atoms with Gasteiger partial charge in [0, 0.05) is 12.2 Å². The van der Waals surface area contributed by atoms with Crippen molar-refractivity contribution in [1.82, 2.24) is 5.32 Å². The first kappa shape index (κ1) is 16.5. The van der Waals surface area contributed by atoms with Crippen LogP contribution in [-0.4, -0.2) is 11.7 Å². The summed E-state index contributed by atoms with van der Waals surface area (Å²) in [5.74, 6) is 0.582. The van der Waals surface area contributed by atoms with Gasteiger partial charge in [0.05, 0.1) is 0 Å². The fraction of sp³-hybridized carbons (Fsp3) is 0.316. The quantitative estimate of drug-likeness (QED) is 0.786. The standard InChI is InChI=1S/C19H24N2S/c1-14(2)17-9-7-16(8-10-17)11-12-20-19(22)21-18-6-4-5-15(3)13-18/h4-10,13-14H,11-12H2,1-3H3,(H2,20,21,22). The third-order valence-corrected chi connectivity index (χ3v) is 3.87. The molecule has 2 aromatic rings. The van der Waals surface area contributed by atoms with E-state index in [1.54, 1.807) is 0 Å². The molecule has 2 N–H and O–H groups in total. The van der Waals surface area contributed by atoms with Gasteiger partial charge in [-0.1, -0.05) is 50.2 Å². The van der Waals surface area contributed by atoms with Gasteiger partial charge >= 0.3 is 0 Å². The number of hydrogen-bond donors (Lipinski definition) is 2. The molecular formula is C19H24N2S. The molecule has 3 heteroatoms. The summed E-state index contributed by atoms with van der Waals surface area (Å²) in [6.07, 6.45) is 0.966. The van der Waals surface area contributed by atoms with Crippen LogP contribution in [0.5, 0.6) is 0 Å². The number of nitrogens with one attached hydrogen (secondary N) is 2. The molecule has 0 spiro atoms. The van der Waals surface area contributed by atoms with Crippen molar-refractivity contribution in [1.29, 1.82) is 0 Å². The molecule has 0 fully saturated rings. The Kier molecular flexibility index (Phi) is 5.96. The Balaban J connectivity index is 1.77. The van der Waals surface area contributed by atoms with Crippen molar-refractivity contribution in [2.75, 3.05) is 11.9 Å². The van der Waals surface area contributed by atoms with Crippen LogP contribution >= 0.6 is 12.2 Å². The SMILES string of the molecule is Cc1cccc(NC(=S)NCCc2ccc(C(C)C)cc2)c1. The first-order valence-corrected chi connectivity index (χ1v) is 8.16. The van der Waals surface area contributed by atoms with E-state index in [1.807, 2.05) is 12.1 Å². The van der Waals surface area contributed by atoms with Crippen molar-refractivity contribution < 1.29 is 0 Å². The first-order chi connectivity index (χ1) is 10.5. The maximum absolute atomic E-state index is 5.33. The first-order valence-electron chi connectivity index (χ1n) is 7.75. The second kappa shape index (κ2) is 7.95. The summed E-state index contributed by atoms with van der Waals surface area (Å²) in [7, 11) is 0. The minimum Gasteiger partial charge on any atom is -0.362 e. The fourth-order valence-electron chi connectivity index (χ4n) is 2.29. The van der Waals surface area contributed by atoms with Crippen molar-refractivity contribution >= 4 is 23.0 Å². The van der Waals surface area contributed by atoms with E-state index in [2.05, 4.69) is 67.8 Å². The van der Waals surface area contributed by atoms with E-state index >= 15 is 0 Å². The van der Waals surface area contributed by atoms with E-state index in [0.717, 1.165) is 18.7 Å². The van der Waals surface area contributed by atoms with Gasteiger partial charge in [-0.15, -0.1) is 0 Å². The molecule has 22 heavy (non-hydrogen) atoms. The van der Waals surface area contributed by atoms with Gasteiger partial charge in [0.15, 0.2) is 5.11 Å². The third-order valence-electron chi connectivity index (χ3n) is 3.62. The summed E-state index contributed by atoms with van der Waals surface area (Å²) < 4.78 is 0. The molecule has 0 saturated heterocycles. The molecule has 0 bridgehead atoms. The second-order valence-electron chi connectivity index (χ2n) is 5.90. The van der Waals surface area contributed by atoms with Crippen molar-refractivity contribution in [3.8, 4) is 0 Å². The molecule has 0 atom stereocenters. The van der Waals surface area contributed by atoms with Gasteiger partial charge in [-0.05, 0) is 60.3 Å². The predicted molar refractivity (Wildman–Crippen MR) is 99.6 cm³/mol. The molecule has 0 heterocycles. The van der Waals surface area contributed by atoms with Crippen molar-refractivity contribution in [3.63, 3.8) is 0 Å². The van der Waals surface area contributed by atoms with E-state index < -0.39 is 0 Å². The third kappa shape index (κ3) is 5.15. The van der Waals surface area contributed by atoms with Crippen molar-refractivity contribution in [3.05, 3.63) is 65.2 Å². The Morgan fingerprint density at radius 2 is 1.82 bits per heavy atom. The molecule has 0 amide bonds. The lowest BCUT2D eigenvalue weighted by molar-refractivity contribution is 0.853. The minimum absolute atomic E-state index is 0.582. The molecular weight excluding hydrogens is 288 g/mol. The van der Waals surface area contributed by atoms with Crippen molar-refractivity contribution in [2.45, 2.75) is 33.1 Å². The monoisotopic (exact) mass is 312 g/mol. The van der Waals surface area contributed by atoms with Gasteiger partial charge in [-0.25, -0.2) is 0 Å². The lowest BCUT2D eigenvalue weighted by atomic mass is 10.0. The number of aryl methyl sites for hydroxylation is 1. The average molecular weight is 312 g/mol. The minimum atomic E-state index is 0.582. The average Bonchev–Trinajstić information content (AvgIpc) is 2.47. The summed E-state index contributed by atoms with van der Waals surface area (Å²) in [6, 6.07) is 17.0. The summed E-state index contributed by atoms with van der Waals surface area (Å²) in [5, 5.41) is 7.14. The van der Waals surface area contributed by atoms with E-state index in [1.165, 1.54) is 16.7 Å². The molecule has 0 saturated carbocycles. The summed E-state index contributed by atoms with van der Waals surface area (Å²) in [5.41, 5.74) is 4.96. The molecule has 0 aliphatic rings. The zero-order valence-corrected chi connectivity index (χ0v) is 14.3. The molecule has 2 aromatic carbocycles. The normalized spacial score (nSPS) is 10.5. The highest BCUT2D eigenvalue weighted by Crippen LogP contribution is 2.14. The molecule has 2 nitrogen and oxygen atoms in total. The number of thiocarbonyl (C=S) groups is 1. The van der Waals surface area contributed by atoms with Crippen LogP contribution in [0, 0.1) is 6.92 Å². The number of rotatable bonds is 5. The number of hydrogen-bond acceptors (Lipinski definition) is 1. The lowest BCUT2D eigenvalue weighted by Crippen LogP contribution is -2.30. The van der Waals surface area contributed by atoms with Crippen LogP contribution in [0.25, 0.3) is 0 Å².